The van der Waals surface area contributed by atoms with Crippen LogP contribution in [0.1, 0.15) is 20.7 Å². The van der Waals surface area contributed by atoms with E-state index in [-0.39, 0.29) is 11.1 Å². The second-order valence-corrected chi connectivity index (χ2v) is 4.92. The first-order chi connectivity index (χ1) is 9.06. The number of nitrogens with zero attached hydrogens (tertiary/aromatic N) is 2. The number of carboxylic acids is 2. The molecule has 1 aliphatic rings. The summed E-state index contributed by atoms with van der Waals surface area (Å²) in [4.78, 5) is 21.9. The molecule has 6 nitrogen and oxygen atoms in total. The maximum atomic E-state index is 11.0. The monoisotopic (exact) mass is 307 g/mol. The number of aromatic nitrogens is 2. The van der Waals surface area contributed by atoms with E-state index in [1.165, 1.54) is 39.7 Å². The summed E-state index contributed by atoms with van der Waals surface area (Å²) in [5.74, 6) is -2.03. The van der Waals surface area contributed by atoms with Crippen molar-refractivity contribution in [1.82, 2.24) is 0 Å². The maximum absolute atomic E-state index is 11.0. The molecule has 2 aromatic heterocycles. The molecule has 0 spiro atoms. The predicted molar refractivity (Wildman–Crippen MR) is 57.0 cm³/mol. The van der Waals surface area contributed by atoms with Gasteiger partial charge < -0.3 is 0 Å². The van der Waals surface area contributed by atoms with Gasteiger partial charge in [-0.05, 0) is 0 Å². The zero-order valence-electron chi connectivity index (χ0n) is 9.37. The number of pyridine rings is 2. The van der Waals surface area contributed by atoms with Crippen LogP contribution in [0.2, 0.25) is 0 Å². The van der Waals surface area contributed by atoms with E-state index >= 15 is 0 Å². The van der Waals surface area contributed by atoms with Gasteiger partial charge >= 0.3 is 113 Å². The van der Waals surface area contributed by atoms with E-state index in [2.05, 4.69) is 0 Å². The molecule has 0 aromatic carbocycles. The molecule has 1 aliphatic heterocycles. The molecular weight excluding hydrogens is 300 g/mol. The summed E-state index contributed by atoms with van der Waals surface area (Å²) in [5, 5.41) is 18.0. The number of aromatic carboxylic acids is 2. The van der Waals surface area contributed by atoms with Gasteiger partial charge in [0.05, 0.1) is 0 Å². The second-order valence-electron chi connectivity index (χ2n) is 3.82. The van der Waals surface area contributed by atoms with Crippen LogP contribution in [0.15, 0.2) is 36.7 Å². The number of rotatable bonds is 2. The quantitative estimate of drug-likeness (QED) is 0.650. The number of carbonyl (C=O) groups is 2. The van der Waals surface area contributed by atoms with Crippen LogP contribution in [0.5, 0.6) is 0 Å². The predicted octanol–water partition coefficient (Wildman–Crippen LogP) is -0.0527. The Balaban J connectivity index is 2.19. The van der Waals surface area contributed by atoms with E-state index < -0.39 is 11.9 Å². The molecule has 0 radical (unpaired) electrons. The Kier molecular flexibility index (Phi) is 2.58. The summed E-state index contributed by atoms with van der Waals surface area (Å²) < 4.78 is 3.55. The topological polar surface area (TPSA) is 82.4 Å². The van der Waals surface area contributed by atoms with Gasteiger partial charge in [-0.15, -0.1) is 0 Å². The average molecular weight is 308 g/mol. The van der Waals surface area contributed by atoms with Gasteiger partial charge in [-0.3, -0.25) is 0 Å². The third-order valence-electron chi connectivity index (χ3n) is 2.64. The van der Waals surface area contributed by atoms with Crippen LogP contribution in [0.4, 0.5) is 0 Å². The van der Waals surface area contributed by atoms with E-state index in [1.54, 1.807) is 19.6 Å². The fourth-order valence-electron chi connectivity index (χ4n) is 1.74. The number of hydrogen-bond donors (Lipinski definition) is 2. The molecule has 2 aromatic rings. The van der Waals surface area contributed by atoms with Crippen LogP contribution in [-0.4, -0.2) is 22.2 Å². The number of fused-ring (bicyclic) bond motifs is 3. The first kappa shape index (κ1) is 11.8. The Hall–Kier alpha value is -2.24. The third kappa shape index (κ3) is 1.89. The van der Waals surface area contributed by atoms with E-state index in [9.17, 15) is 9.59 Å². The zero-order valence-corrected chi connectivity index (χ0v) is 10.3. The fraction of sp³-hybridized carbons (Fsp3) is 0. The molecule has 0 fully saturated rings. The molecular formula is C12H8CuN2O4+2. The summed E-state index contributed by atoms with van der Waals surface area (Å²) in [6.45, 7) is 0. The van der Waals surface area contributed by atoms with Gasteiger partial charge in [0.2, 0.25) is 0 Å². The van der Waals surface area contributed by atoms with Crippen molar-refractivity contribution in [2.75, 3.05) is 0 Å². The Morgan fingerprint density at radius 3 is 1.68 bits per heavy atom. The van der Waals surface area contributed by atoms with Crippen molar-refractivity contribution in [2.24, 2.45) is 0 Å². The molecule has 3 heterocycles. The third-order valence-corrected chi connectivity index (χ3v) is 3.78. The van der Waals surface area contributed by atoms with Gasteiger partial charge in [0.25, 0.3) is 0 Å². The van der Waals surface area contributed by atoms with E-state index in [0.29, 0.717) is 11.4 Å². The van der Waals surface area contributed by atoms with Crippen LogP contribution in [0.25, 0.3) is 11.4 Å². The van der Waals surface area contributed by atoms with Gasteiger partial charge in [-0.2, -0.15) is 0 Å². The Bertz CT molecular complexity index is 668. The molecule has 3 rings (SSSR count). The first-order valence-electron chi connectivity index (χ1n) is 5.24. The van der Waals surface area contributed by atoms with Crippen LogP contribution in [-0.2, 0) is 15.4 Å². The average Bonchev–Trinajstić information content (AvgIpc) is 2.75. The normalized spacial score (nSPS) is 12.2. The Morgan fingerprint density at radius 1 is 0.895 bits per heavy atom. The van der Waals surface area contributed by atoms with Gasteiger partial charge in [-0.25, -0.2) is 0 Å². The van der Waals surface area contributed by atoms with Crippen molar-refractivity contribution in [1.29, 1.82) is 0 Å². The van der Waals surface area contributed by atoms with Crippen molar-refractivity contribution in [2.45, 2.75) is 0 Å². The van der Waals surface area contributed by atoms with Crippen molar-refractivity contribution < 1.29 is 42.4 Å². The summed E-state index contributed by atoms with van der Waals surface area (Å²) >= 11 is 1.45. The summed E-state index contributed by atoms with van der Waals surface area (Å²) in [5.41, 5.74) is 1.64. The minimum absolute atomic E-state index is 0.166. The molecule has 19 heavy (non-hydrogen) atoms. The molecule has 7 heteroatoms. The number of carboxylic acid groups (broad SMARTS) is 2. The van der Waals surface area contributed by atoms with Crippen molar-refractivity contribution in [3.8, 4) is 11.4 Å². The molecule has 0 aliphatic carbocycles. The molecule has 0 amide bonds. The van der Waals surface area contributed by atoms with Gasteiger partial charge in [0.15, 0.2) is 0 Å². The van der Waals surface area contributed by atoms with E-state index in [4.69, 9.17) is 10.2 Å². The second kappa shape index (κ2) is 4.15. The van der Waals surface area contributed by atoms with E-state index in [1.807, 2.05) is 0 Å². The van der Waals surface area contributed by atoms with Crippen molar-refractivity contribution in [3.05, 3.63) is 47.8 Å². The first-order valence-corrected chi connectivity index (χ1v) is 6.08. The molecule has 0 saturated heterocycles. The molecule has 99 valence electrons. The summed E-state index contributed by atoms with van der Waals surface area (Å²) in [6.07, 6.45) is 3.29. The van der Waals surface area contributed by atoms with Crippen molar-refractivity contribution in [3.63, 3.8) is 0 Å². The molecule has 0 saturated carbocycles. The minimum atomic E-state index is -1.01. The van der Waals surface area contributed by atoms with Crippen LogP contribution >= 0.6 is 0 Å². The molecule has 0 bridgehead atoms. The SMILES string of the molecule is O=C(O)c1cc[n+]2c(c1)-c1cc(C(=O)O)cc[n+]1[Cu]2. The molecule has 0 unspecified atom stereocenters. The molecule has 0 atom stereocenters. The Labute approximate surface area is 114 Å². The molecule has 2 N–H and O–H groups in total. The van der Waals surface area contributed by atoms with Crippen LogP contribution in [0, 0.1) is 0 Å². The van der Waals surface area contributed by atoms with Crippen LogP contribution < -0.4 is 7.17 Å². The summed E-state index contributed by atoms with van der Waals surface area (Å²) in [7, 11) is 0. The van der Waals surface area contributed by atoms with Crippen LogP contribution in [0.3, 0.4) is 0 Å². The van der Waals surface area contributed by atoms with E-state index in [0.717, 1.165) is 0 Å². The van der Waals surface area contributed by atoms with Crippen molar-refractivity contribution >= 4 is 11.9 Å². The standard InChI is InChI=1S/C12H8N2O4.Cu/c15-11(16)7-1-3-13-9(5-7)10-6-8(12(17)18)2-4-14-10;/h1-6H,(H,15,16)(H,17,18);/q;+2. The Morgan fingerprint density at radius 2 is 1.32 bits per heavy atom. The summed E-state index contributed by atoms with van der Waals surface area (Å²) in [6, 6.07) is 6.05. The fourth-order valence-corrected chi connectivity index (χ4v) is 2.76. The number of hydrogen-bond acceptors (Lipinski definition) is 2. The van der Waals surface area contributed by atoms with Gasteiger partial charge in [0, 0.05) is 0 Å². The van der Waals surface area contributed by atoms with Gasteiger partial charge in [0.1, 0.15) is 0 Å². The zero-order chi connectivity index (χ0) is 13.6. The van der Waals surface area contributed by atoms with Gasteiger partial charge in [-0.1, -0.05) is 0 Å².